The molecule has 4 heteroatoms. The summed E-state index contributed by atoms with van der Waals surface area (Å²) < 4.78 is 2.10. The second kappa shape index (κ2) is 4.05. The van der Waals surface area contributed by atoms with E-state index in [1.165, 1.54) is 37.6 Å². The van der Waals surface area contributed by atoms with Crippen molar-refractivity contribution >= 4 is 11.0 Å². The Kier molecular flexibility index (Phi) is 2.36. The van der Waals surface area contributed by atoms with Gasteiger partial charge in [-0.3, -0.25) is 4.90 Å². The summed E-state index contributed by atoms with van der Waals surface area (Å²) in [5, 5.41) is 8.57. The van der Waals surface area contributed by atoms with Crippen LogP contribution in [0.4, 0.5) is 0 Å². The maximum absolute atomic E-state index is 4.33. The van der Waals surface area contributed by atoms with Crippen molar-refractivity contribution in [2.45, 2.75) is 44.3 Å². The molecule has 0 bridgehead atoms. The molecule has 2 aliphatic rings. The number of nitrogens with zero attached hydrogens (tertiary/aromatic N) is 4. The maximum atomic E-state index is 4.33. The highest BCUT2D eigenvalue weighted by atomic mass is 15.6. The molecule has 4 rings (SSSR count). The van der Waals surface area contributed by atoms with E-state index in [-0.39, 0.29) is 0 Å². The average Bonchev–Trinajstić information content (AvgIpc) is 3.12. The zero-order valence-electron chi connectivity index (χ0n) is 10.5. The Morgan fingerprint density at radius 3 is 2.78 bits per heavy atom. The topological polar surface area (TPSA) is 33.7 Å². The Labute approximate surface area is 107 Å². The van der Waals surface area contributed by atoms with Crippen LogP contribution in [0.25, 0.3) is 11.0 Å². The first-order valence-electron chi connectivity index (χ1n) is 6.99. The summed E-state index contributed by atoms with van der Waals surface area (Å²) in [7, 11) is 0. The number of aromatic nitrogens is 3. The number of hydrogen-bond donors (Lipinski definition) is 0. The van der Waals surface area contributed by atoms with Crippen molar-refractivity contribution in [3.63, 3.8) is 0 Å². The van der Waals surface area contributed by atoms with Crippen LogP contribution in [-0.2, 0) is 0 Å². The summed E-state index contributed by atoms with van der Waals surface area (Å²) in [4.78, 5) is 2.58. The van der Waals surface area contributed by atoms with Crippen LogP contribution in [0.5, 0.6) is 0 Å². The molecule has 2 aromatic rings. The van der Waals surface area contributed by atoms with Gasteiger partial charge in [0.05, 0.1) is 5.52 Å². The van der Waals surface area contributed by atoms with E-state index in [0.717, 1.165) is 18.1 Å². The third kappa shape index (κ3) is 1.63. The molecule has 0 N–H and O–H groups in total. The van der Waals surface area contributed by atoms with E-state index in [0.29, 0.717) is 6.17 Å². The Hall–Kier alpha value is -1.42. The van der Waals surface area contributed by atoms with Crippen LogP contribution in [-0.4, -0.2) is 32.5 Å². The molecule has 2 atom stereocenters. The molecule has 1 aliphatic carbocycles. The van der Waals surface area contributed by atoms with Gasteiger partial charge in [-0.1, -0.05) is 36.6 Å². The number of benzene rings is 1. The first kappa shape index (κ1) is 10.5. The number of hydrogen-bond acceptors (Lipinski definition) is 3. The maximum Gasteiger partial charge on any atom is 0.120 e. The fourth-order valence-corrected chi connectivity index (χ4v) is 3.27. The molecular weight excluding hydrogens is 224 g/mol. The van der Waals surface area contributed by atoms with Crippen molar-refractivity contribution in [3.05, 3.63) is 24.3 Å². The minimum Gasteiger partial charge on any atom is -0.274 e. The molecule has 0 spiro atoms. The average molecular weight is 242 g/mol. The van der Waals surface area contributed by atoms with Gasteiger partial charge in [0.1, 0.15) is 11.7 Å². The minimum absolute atomic E-state index is 0.459. The van der Waals surface area contributed by atoms with E-state index in [1.807, 2.05) is 12.1 Å². The molecule has 94 valence electrons. The number of fused-ring (bicyclic) bond motifs is 1. The number of rotatable bonds is 2. The fraction of sp³-hybridized carbons (Fsp3) is 0.571. The fourth-order valence-electron chi connectivity index (χ4n) is 3.27. The molecule has 1 aliphatic heterocycles. The first-order chi connectivity index (χ1) is 8.93. The van der Waals surface area contributed by atoms with Gasteiger partial charge in [-0.25, -0.2) is 4.68 Å². The summed E-state index contributed by atoms with van der Waals surface area (Å²) in [5.74, 6) is 0. The van der Waals surface area contributed by atoms with Gasteiger partial charge in [-0.15, -0.1) is 5.10 Å². The molecule has 2 fully saturated rings. The Balaban J connectivity index is 1.58. The SMILES string of the molecule is c1ccc2c(c1)nnn2C1CN1C1CCCCC1. The van der Waals surface area contributed by atoms with Crippen LogP contribution in [0.1, 0.15) is 38.3 Å². The minimum atomic E-state index is 0.459. The van der Waals surface area contributed by atoms with Crippen LogP contribution in [0.15, 0.2) is 24.3 Å². The van der Waals surface area contributed by atoms with Gasteiger partial charge in [0.15, 0.2) is 0 Å². The van der Waals surface area contributed by atoms with Crippen LogP contribution < -0.4 is 0 Å². The van der Waals surface area contributed by atoms with Gasteiger partial charge in [0.2, 0.25) is 0 Å². The quantitative estimate of drug-likeness (QED) is 0.759. The molecule has 0 radical (unpaired) electrons. The Morgan fingerprint density at radius 2 is 1.89 bits per heavy atom. The molecule has 2 unspecified atom stereocenters. The lowest BCUT2D eigenvalue weighted by Gasteiger charge is -2.23. The highest BCUT2D eigenvalue weighted by Gasteiger charge is 2.42. The van der Waals surface area contributed by atoms with Gasteiger partial charge in [0, 0.05) is 12.6 Å². The summed E-state index contributed by atoms with van der Waals surface area (Å²) in [6.45, 7) is 1.15. The molecule has 1 aromatic carbocycles. The number of para-hydroxylation sites is 1. The predicted molar refractivity (Wildman–Crippen MR) is 70.1 cm³/mol. The highest BCUT2D eigenvalue weighted by molar-refractivity contribution is 5.74. The Bertz CT molecular complexity index is 556. The smallest absolute Gasteiger partial charge is 0.120 e. The lowest BCUT2D eigenvalue weighted by atomic mass is 9.95. The zero-order valence-corrected chi connectivity index (χ0v) is 10.5. The van der Waals surface area contributed by atoms with Crippen LogP contribution >= 0.6 is 0 Å². The van der Waals surface area contributed by atoms with E-state index in [2.05, 4.69) is 32.0 Å². The standard InChI is InChI=1S/C14H18N4/c1-2-6-11(7-3-1)17-10-14(17)18-13-9-5-4-8-12(13)15-16-18/h4-5,8-9,11,14H,1-3,6-7,10H2. The summed E-state index contributed by atoms with van der Waals surface area (Å²) in [6, 6.07) is 9.02. The third-order valence-electron chi connectivity index (χ3n) is 4.33. The van der Waals surface area contributed by atoms with Gasteiger partial charge in [-0.05, 0) is 25.0 Å². The molecule has 1 saturated heterocycles. The normalized spacial score (nSPS) is 28.7. The van der Waals surface area contributed by atoms with E-state index >= 15 is 0 Å². The molecule has 1 aromatic heterocycles. The van der Waals surface area contributed by atoms with Gasteiger partial charge < -0.3 is 0 Å². The predicted octanol–water partition coefficient (Wildman–Crippen LogP) is 2.58. The Morgan fingerprint density at radius 1 is 1.06 bits per heavy atom. The molecule has 18 heavy (non-hydrogen) atoms. The van der Waals surface area contributed by atoms with E-state index < -0.39 is 0 Å². The van der Waals surface area contributed by atoms with Crippen molar-refractivity contribution < 1.29 is 0 Å². The van der Waals surface area contributed by atoms with Crippen LogP contribution in [0.2, 0.25) is 0 Å². The second-order valence-corrected chi connectivity index (χ2v) is 5.49. The van der Waals surface area contributed by atoms with Crippen LogP contribution in [0, 0.1) is 0 Å². The van der Waals surface area contributed by atoms with Crippen LogP contribution in [0.3, 0.4) is 0 Å². The third-order valence-corrected chi connectivity index (χ3v) is 4.33. The first-order valence-corrected chi connectivity index (χ1v) is 6.99. The zero-order chi connectivity index (χ0) is 11.9. The summed E-state index contributed by atoms with van der Waals surface area (Å²) in [5.41, 5.74) is 2.17. The molecule has 2 heterocycles. The van der Waals surface area contributed by atoms with E-state index in [1.54, 1.807) is 0 Å². The van der Waals surface area contributed by atoms with Gasteiger partial charge in [-0.2, -0.15) is 0 Å². The van der Waals surface area contributed by atoms with Gasteiger partial charge in [0.25, 0.3) is 0 Å². The molecular formula is C14H18N4. The van der Waals surface area contributed by atoms with Crippen molar-refractivity contribution in [3.8, 4) is 0 Å². The van der Waals surface area contributed by atoms with Crippen molar-refractivity contribution in [2.75, 3.05) is 6.54 Å². The molecule has 0 amide bonds. The van der Waals surface area contributed by atoms with E-state index in [4.69, 9.17) is 0 Å². The van der Waals surface area contributed by atoms with Gasteiger partial charge >= 0.3 is 0 Å². The van der Waals surface area contributed by atoms with Crippen molar-refractivity contribution in [1.29, 1.82) is 0 Å². The van der Waals surface area contributed by atoms with Crippen molar-refractivity contribution in [2.24, 2.45) is 0 Å². The molecule has 4 nitrogen and oxygen atoms in total. The lowest BCUT2D eigenvalue weighted by Crippen LogP contribution is -2.23. The monoisotopic (exact) mass is 242 g/mol. The molecule has 1 saturated carbocycles. The lowest BCUT2D eigenvalue weighted by molar-refractivity contribution is 0.260. The second-order valence-electron chi connectivity index (χ2n) is 5.49. The summed E-state index contributed by atoms with van der Waals surface area (Å²) >= 11 is 0. The van der Waals surface area contributed by atoms with E-state index in [9.17, 15) is 0 Å². The summed E-state index contributed by atoms with van der Waals surface area (Å²) in [6.07, 6.45) is 7.39. The largest absolute Gasteiger partial charge is 0.274 e. The van der Waals surface area contributed by atoms with Crippen molar-refractivity contribution in [1.82, 2.24) is 19.9 Å². The highest BCUT2D eigenvalue weighted by Crippen LogP contribution is 2.38.